The fourth-order valence-electron chi connectivity index (χ4n) is 2.66. The first-order valence-corrected chi connectivity index (χ1v) is 5.78. The van der Waals surface area contributed by atoms with E-state index in [1.807, 2.05) is 6.92 Å². The number of nitrogens with zero attached hydrogens (tertiary/aromatic N) is 1. The van der Waals surface area contributed by atoms with Gasteiger partial charge in [0.05, 0.1) is 13.0 Å². The van der Waals surface area contributed by atoms with E-state index in [9.17, 15) is 4.79 Å². The van der Waals surface area contributed by atoms with Gasteiger partial charge >= 0.3 is 5.97 Å². The normalized spacial score (nSPS) is 30.1. The number of hydrogen-bond acceptors (Lipinski definition) is 3. The van der Waals surface area contributed by atoms with E-state index < -0.39 is 0 Å². The first-order chi connectivity index (χ1) is 7.20. The molecule has 0 saturated carbocycles. The van der Waals surface area contributed by atoms with E-state index in [0.29, 0.717) is 25.1 Å². The lowest BCUT2D eigenvalue weighted by atomic mass is 9.99. The Morgan fingerprint density at radius 1 is 1.60 bits per heavy atom. The number of ether oxygens (including phenoxy) is 1. The van der Waals surface area contributed by atoms with Gasteiger partial charge in [0.25, 0.3) is 0 Å². The minimum Gasteiger partial charge on any atom is -0.466 e. The minimum atomic E-state index is -0.0762. The van der Waals surface area contributed by atoms with Crippen molar-refractivity contribution in [3.8, 4) is 0 Å². The van der Waals surface area contributed by atoms with Crippen LogP contribution in [0, 0.1) is 0 Å². The second-order valence-electron chi connectivity index (χ2n) is 4.47. The van der Waals surface area contributed by atoms with E-state index in [-0.39, 0.29) is 5.97 Å². The number of fused-ring (bicyclic) bond motifs is 2. The van der Waals surface area contributed by atoms with Crippen LogP contribution in [0.3, 0.4) is 0 Å². The lowest BCUT2D eigenvalue weighted by Crippen LogP contribution is -2.35. The summed E-state index contributed by atoms with van der Waals surface area (Å²) in [4.78, 5) is 13.8. The number of carbonyl (C=O) groups is 1. The molecule has 2 bridgehead atoms. The number of hydrogen-bond donors (Lipinski definition) is 0. The summed E-state index contributed by atoms with van der Waals surface area (Å²) in [6.45, 7) is 2.34. The monoisotopic (exact) mass is 209 g/mol. The van der Waals surface area contributed by atoms with E-state index >= 15 is 0 Å². The molecule has 0 N–H and O–H groups in total. The smallest absolute Gasteiger partial charge is 0.309 e. The molecule has 0 aromatic carbocycles. The lowest BCUT2D eigenvalue weighted by molar-refractivity contribution is -0.142. The number of esters is 1. The molecule has 0 aliphatic carbocycles. The average molecular weight is 209 g/mol. The molecule has 0 unspecified atom stereocenters. The fraction of sp³-hybridized carbons (Fsp3) is 0.750. The van der Waals surface area contributed by atoms with E-state index in [2.05, 4.69) is 18.0 Å². The Hall–Kier alpha value is -0.830. The zero-order valence-electron chi connectivity index (χ0n) is 9.53. The van der Waals surface area contributed by atoms with Gasteiger partial charge in [-0.05, 0) is 33.2 Å². The predicted molar refractivity (Wildman–Crippen MR) is 58.5 cm³/mol. The Labute approximate surface area is 91.1 Å². The van der Waals surface area contributed by atoms with Crippen molar-refractivity contribution in [2.24, 2.45) is 0 Å². The van der Waals surface area contributed by atoms with Crippen LogP contribution in [0.4, 0.5) is 0 Å². The Bertz CT molecular complexity index is 285. The molecule has 2 heterocycles. The van der Waals surface area contributed by atoms with Gasteiger partial charge < -0.3 is 4.74 Å². The standard InChI is InChI=1S/C12H19NO2/c1-3-15-12(14)8-9-6-10-4-5-11(7-9)13(10)2/h6,10-11H,3-5,7-8H2,1-2H3/t10-,11+/m1/s1. The van der Waals surface area contributed by atoms with Crippen molar-refractivity contribution >= 4 is 5.97 Å². The van der Waals surface area contributed by atoms with Crippen LogP contribution in [-0.4, -0.2) is 36.6 Å². The molecule has 0 radical (unpaired) electrons. The van der Waals surface area contributed by atoms with E-state index in [4.69, 9.17) is 4.74 Å². The average Bonchev–Trinajstić information content (AvgIpc) is 2.43. The fourth-order valence-corrected chi connectivity index (χ4v) is 2.66. The van der Waals surface area contributed by atoms with Gasteiger partial charge in [0.15, 0.2) is 0 Å². The molecule has 0 spiro atoms. The molecular formula is C12H19NO2. The zero-order chi connectivity index (χ0) is 10.8. The second kappa shape index (κ2) is 4.35. The summed E-state index contributed by atoms with van der Waals surface area (Å²) in [5.41, 5.74) is 1.28. The van der Waals surface area contributed by atoms with Crippen LogP contribution < -0.4 is 0 Å². The zero-order valence-corrected chi connectivity index (χ0v) is 9.53. The highest BCUT2D eigenvalue weighted by Gasteiger charge is 2.33. The predicted octanol–water partition coefficient (Wildman–Crippen LogP) is 1.73. The third-order valence-electron chi connectivity index (χ3n) is 3.50. The number of rotatable bonds is 3. The van der Waals surface area contributed by atoms with Gasteiger partial charge in [0.1, 0.15) is 0 Å². The van der Waals surface area contributed by atoms with Crippen molar-refractivity contribution in [1.29, 1.82) is 0 Å². The summed E-state index contributed by atoms with van der Waals surface area (Å²) in [5.74, 6) is -0.0762. The molecule has 1 fully saturated rings. The third-order valence-corrected chi connectivity index (χ3v) is 3.50. The first kappa shape index (κ1) is 10.7. The van der Waals surface area contributed by atoms with Crippen LogP contribution in [0.2, 0.25) is 0 Å². The SMILES string of the molecule is CCOC(=O)CC1=C[C@H]2CC[C@@H](C1)N2C. The van der Waals surface area contributed by atoms with Crippen molar-refractivity contribution in [2.45, 2.75) is 44.7 Å². The van der Waals surface area contributed by atoms with Crippen LogP contribution in [-0.2, 0) is 9.53 Å². The molecule has 2 rings (SSSR count). The quantitative estimate of drug-likeness (QED) is 0.523. The molecule has 3 heteroatoms. The Balaban J connectivity index is 1.95. The summed E-state index contributed by atoms with van der Waals surface area (Å²) in [5, 5.41) is 0. The Morgan fingerprint density at radius 2 is 2.40 bits per heavy atom. The van der Waals surface area contributed by atoms with Crippen molar-refractivity contribution in [3.63, 3.8) is 0 Å². The van der Waals surface area contributed by atoms with Crippen LogP contribution >= 0.6 is 0 Å². The number of carbonyl (C=O) groups excluding carboxylic acids is 1. The van der Waals surface area contributed by atoms with Crippen LogP contribution in [0.1, 0.15) is 32.6 Å². The molecule has 3 nitrogen and oxygen atoms in total. The molecule has 2 aliphatic heterocycles. The second-order valence-corrected chi connectivity index (χ2v) is 4.47. The molecule has 84 valence electrons. The summed E-state index contributed by atoms with van der Waals surface area (Å²) in [6, 6.07) is 1.22. The number of likely N-dealkylation sites (N-methyl/N-ethyl adjacent to an activating group) is 1. The van der Waals surface area contributed by atoms with Crippen LogP contribution in [0.5, 0.6) is 0 Å². The van der Waals surface area contributed by atoms with Gasteiger partial charge in [-0.25, -0.2) is 0 Å². The summed E-state index contributed by atoms with van der Waals surface area (Å²) in [6.07, 6.45) is 6.32. The van der Waals surface area contributed by atoms with Gasteiger partial charge in [-0.3, -0.25) is 9.69 Å². The summed E-state index contributed by atoms with van der Waals surface area (Å²) in [7, 11) is 2.18. The molecule has 2 aliphatic rings. The van der Waals surface area contributed by atoms with Crippen LogP contribution in [0.25, 0.3) is 0 Å². The maximum atomic E-state index is 11.3. The highest BCUT2D eigenvalue weighted by atomic mass is 16.5. The molecular weight excluding hydrogens is 190 g/mol. The van der Waals surface area contributed by atoms with Gasteiger partial charge in [-0.1, -0.05) is 11.6 Å². The molecule has 0 aromatic heterocycles. The molecule has 1 saturated heterocycles. The Kier molecular flexibility index (Phi) is 3.10. The highest BCUT2D eigenvalue weighted by molar-refractivity contribution is 5.72. The first-order valence-electron chi connectivity index (χ1n) is 5.78. The summed E-state index contributed by atoms with van der Waals surface area (Å²) < 4.78 is 4.97. The molecule has 15 heavy (non-hydrogen) atoms. The van der Waals surface area contributed by atoms with Gasteiger partial charge in [0.2, 0.25) is 0 Å². The Morgan fingerprint density at radius 3 is 3.07 bits per heavy atom. The molecule has 0 aromatic rings. The highest BCUT2D eigenvalue weighted by Crippen LogP contribution is 2.34. The third kappa shape index (κ3) is 2.23. The van der Waals surface area contributed by atoms with Gasteiger partial charge in [-0.15, -0.1) is 0 Å². The van der Waals surface area contributed by atoms with Gasteiger partial charge in [-0.2, -0.15) is 0 Å². The lowest BCUT2D eigenvalue weighted by Gasteiger charge is -2.30. The molecule has 2 atom stereocenters. The van der Waals surface area contributed by atoms with Gasteiger partial charge in [0, 0.05) is 12.1 Å². The topological polar surface area (TPSA) is 29.5 Å². The van der Waals surface area contributed by atoms with Crippen molar-refractivity contribution in [3.05, 3.63) is 11.6 Å². The maximum Gasteiger partial charge on any atom is 0.309 e. The van der Waals surface area contributed by atoms with Crippen molar-refractivity contribution in [1.82, 2.24) is 4.90 Å². The molecule has 0 amide bonds. The van der Waals surface area contributed by atoms with E-state index in [1.165, 1.54) is 18.4 Å². The maximum absolute atomic E-state index is 11.3. The van der Waals surface area contributed by atoms with E-state index in [0.717, 1.165) is 6.42 Å². The van der Waals surface area contributed by atoms with Crippen molar-refractivity contribution in [2.75, 3.05) is 13.7 Å². The van der Waals surface area contributed by atoms with Crippen molar-refractivity contribution < 1.29 is 9.53 Å². The minimum absolute atomic E-state index is 0.0762. The van der Waals surface area contributed by atoms with E-state index in [1.54, 1.807) is 0 Å². The largest absolute Gasteiger partial charge is 0.466 e. The van der Waals surface area contributed by atoms with Crippen LogP contribution in [0.15, 0.2) is 11.6 Å². The summed E-state index contributed by atoms with van der Waals surface area (Å²) >= 11 is 0.